The number of nitrogens with zero attached hydrogens (tertiary/aromatic N) is 1. The highest BCUT2D eigenvalue weighted by atomic mass is 16.4. The molecule has 0 aromatic carbocycles. The first-order valence-electron chi connectivity index (χ1n) is 7.93. The second-order valence-corrected chi connectivity index (χ2v) is 6.13. The van der Waals surface area contributed by atoms with Gasteiger partial charge in [-0.1, -0.05) is 38.5 Å². The predicted molar refractivity (Wildman–Crippen MR) is 76.6 cm³/mol. The molecule has 2 aliphatic rings. The second kappa shape index (κ2) is 7.50. The van der Waals surface area contributed by atoms with Gasteiger partial charge in [0.05, 0.1) is 0 Å². The van der Waals surface area contributed by atoms with Crippen LogP contribution in [-0.4, -0.2) is 41.1 Å². The summed E-state index contributed by atoms with van der Waals surface area (Å²) >= 11 is 0. The molecule has 0 aromatic rings. The third kappa shape index (κ3) is 4.39. The van der Waals surface area contributed by atoms with Crippen LogP contribution in [0.5, 0.6) is 0 Å². The van der Waals surface area contributed by atoms with Crippen LogP contribution in [0.4, 0.5) is 4.79 Å². The molecule has 0 radical (unpaired) electrons. The van der Waals surface area contributed by atoms with Crippen molar-refractivity contribution in [2.45, 2.75) is 63.8 Å². The van der Waals surface area contributed by atoms with Gasteiger partial charge in [-0.3, -0.25) is 4.79 Å². The minimum atomic E-state index is -0.928. The van der Waals surface area contributed by atoms with E-state index >= 15 is 0 Å². The number of carbonyl (C=O) groups is 2. The van der Waals surface area contributed by atoms with Gasteiger partial charge in [0.2, 0.25) is 0 Å². The molecule has 5 nitrogen and oxygen atoms in total. The third-order valence-electron chi connectivity index (χ3n) is 4.64. The summed E-state index contributed by atoms with van der Waals surface area (Å²) in [4.78, 5) is 24.6. The lowest BCUT2D eigenvalue weighted by atomic mass is 10.0. The molecule has 2 saturated carbocycles. The quantitative estimate of drug-likeness (QED) is 0.786. The number of aliphatic carboxylic acids is 1. The highest BCUT2D eigenvalue weighted by Gasteiger charge is 2.28. The van der Waals surface area contributed by atoms with Gasteiger partial charge in [0.1, 0.15) is 6.54 Å². The number of hydrogen-bond donors (Lipinski definition) is 2. The van der Waals surface area contributed by atoms with Gasteiger partial charge in [-0.2, -0.15) is 0 Å². The summed E-state index contributed by atoms with van der Waals surface area (Å²) in [6.45, 7) is 0.492. The molecular formula is C15H26N2O3. The maximum atomic E-state index is 12.2. The SMILES string of the molecule is O=C(O)CN(C(=O)NCCC1CCCC1)C1CCCC1. The zero-order valence-electron chi connectivity index (χ0n) is 12.1. The summed E-state index contributed by atoms with van der Waals surface area (Å²) in [6, 6.07) is -0.0881. The monoisotopic (exact) mass is 282 g/mol. The van der Waals surface area contributed by atoms with Crippen molar-refractivity contribution in [3.05, 3.63) is 0 Å². The lowest BCUT2D eigenvalue weighted by molar-refractivity contribution is -0.138. The number of hydrogen-bond acceptors (Lipinski definition) is 2. The summed E-state index contributed by atoms with van der Waals surface area (Å²) in [6.07, 6.45) is 10.3. The normalized spacial score (nSPS) is 20.2. The highest BCUT2D eigenvalue weighted by molar-refractivity contribution is 5.80. The maximum absolute atomic E-state index is 12.2. The van der Waals surface area contributed by atoms with Crippen LogP contribution < -0.4 is 5.32 Å². The predicted octanol–water partition coefficient (Wildman–Crippen LogP) is 2.61. The molecular weight excluding hydrogens is 256 g/mol. The molecule has 2 amide bonds. The summed E-state index contributed by atoms with van der Waals surface area (Å²) in [5.41, 5.74) is 0. The van der Waals surface area contributed by atoms with Crippen molar-refractivity contribution in [3.8, 4) is 0 Å². The number of amides is 2. The van der Waals surface area contributed by atoms with Crippen molar-refractivity contribution >= 4 is 12.0 Å². The Balaban J connectivity index is 1.77. The Morgan fingerprint density at radius 2 is 1.65 bits per heavy atom. The van der Waals surface area contributed by atoms with Crippen molar-refractivity contribution in [1.82, 2.24) is 10.2 Å². The Hall–Kier alpha value is -1.26. The van der Waals surface area contributed by atoms with Gasteiger partial charge in [0, 0.05) is 12.6 Å². The minimum absolute atomic E-state index is 0.109. The van der Waals surface area contributed by atoms with Crippen molar-refractivity contribution in [2.75, 3.05) is 13.1 Å². The zero-order chi connectivity index (χ0) is 14.4. The average Bonchev–Trinajstić information content (AvgIpc) is 3.08. The van der Waals surface area contributed by atoms with E-state index in [4.69, 9.17) is 5.11 Å². The van der Waals surface area contributed by atoms with Gasteiger partial charge in [-0.15, -0.1) is 0 Å². The van der Waals surface area contributed by atoms with E-state index in [2.05, 4.69) is 5.32 Å². The fourth-order valence-electron chi connectivity index (χ4n) is 3.51. The van der Waals surface area contributed by atoms with Crippen LogP contribution in [-0.2, 0) is 4.79 Å². The first-order chi connectivity index (χ1) is 9.66. The molecule has 0 aliphatic heterocycles. The molecule has 2 rings (SSSR count). The van der Waals surface area contributed by atoms with Crippen LogP contribution in [0.25, 0.3) is 0 Å². The Morgan fingerprint density at radius 3 is 2.25 bits per heavy atom. The summed E-state index contributed by atoms with van der Waals surface area (Å²) in [7, 11) is 0. The van der Waals surface area contributed by atoms with Gasteiger partial charge < -0.3 is 15.3 Å². The van der Waals surface area contributed by atoms with Crippen LogP contribution in [0.1, 0.15) is 57.8 Å². The number of nitrogens with one attached hydrogen (secondary N) is 1. The van der Waals surface area contributed by atoms with Crippen LogP contribution in [0, 0.1) is 5.92 Å². The van der Waals surface area contributed by atoms with Crippen molar-refractivity contribution in [3.63, 3.8) is 0 Å². The fraction of sp³-hybridized carbons (Fsp3) is 0.867. The Bertz CT molecular complexity index is 334. The standard InChI is InChI=1S/C15H26N2O3/c18-14(19)11-17(13-7-3-4-8-13)15(20)16-10-9-12-5-1-2-6-12/h12-13H,1-11H2,(H,16,20)(H,18,19). The van der Waals surface area contributed by atoms with Gasteiger partial charge in [0.25, 0.3) is 0 Å². The third-order valence-corrected chi connectivity index (χ3v) is 4.64. The molecule has 0 spiro atoms. The average molecular weight is 282 g/mol. The first-order valence-corrected chi connectivity index (χ1v) is 7.93. The van der Waals surface area contributed by atoms with E-state index in [0.29, 0.717) is 6.54 Å². The highest BCUT2D eigenvalue weighted by Crippen LogP contribution is 2.27. The molecule has 0 unspecified atom stereocenters. The molecule has 2 fully saturated rings. The van der Waals surface area contributed by atoms with Crippen LogP contribution >= 0.6 is 0 Å². The van der Waals surface area contributed by atoms with Gasteiger partial charge in [-0.25, -0.2) is 4.79 Å². The maximum Gasteiger partial charge on any atom is 0.323 e. The van der Waals surface area contributed by atoms with E-state index in [-0.39, 0.29) is 18.6 Å². The van der Waals surface area contributed by atoms with Crippen molar-refractivity contribution < 1.29 is 14.7 Å². The van der Waals surface area contributed by atoms with Gasteiger partial charge >= 0.3 is 12.0 Å². The molecule has 2 aliphatic carbocycles. The van der Waals surface area contributed by atoms with E-state index in [0.717, 1.165) is 38.0 Å². The first kappa shape index (κ1) is 15.1. The molecule has 0 atom stereocenters. The smallest absolute Gasteiger partial charge is 0.323 e. The number of carbonyl (C=O) groups excluding carboxylic acids is 1. The van der Waals surface area contributed by atoms with Crippen LogP contribution in [0.3, 0.4) is 0 Å². The molecule has 0 aromatic heterocycles. The molecule has 2 N–H and O–H groups in total. The number of rotatable bonds is 6. The number of carboxylic acid groups (broad SMARTS) is 1. The van der Waals surface area contributed by atoms with Crippen LogP contribution in [0.15, 0.2) is 0 Å². The van der Waals surface area contributed by atoms with Crippen LogP contribution in [0.2, 0.25) is 0 Å². The fourth-order valence-corrected chi connectivity index (χ4v) is 3.51. The minimum Gasteiger partial charge on any atom is -0.480 e. The Morgan fingerprint density at radius 1 is 1.05 bits per heavy atom. The number of carboxylic acids is 1. The molecule has 114 valence electrons. The molecule has 0 saturated heterocycles. The topological polar surface area (TPSA) is 69.6 Å². The molecule has 0 heterocycles. The van der Waals surface area contributed by atoms with E-state index < -0.39 is 5.97 Å². The summed E-state index contributed by atoms with van der Waals surface area (Å²) in [5, 5.41) is 11.9. The van der Waals surface area contributed by atoms with E-state index in [1.165, 1.54) is 30.6 Å². The van der Waals surface area contributed by atoms with Crippen molar-refractivity contribution in [2.24, 2.45) is 5.92 Å². The second-order valence-electron chi connectivity index (χ2n) is 6.13. The molecule has 20 heavy (non-hydrogen) atoms. The van der Waals surface area contributed by atoms with E-state index in [9.17, 15) is 9.59 Å². The largest absolute Gasteiger partial charge is 0.480 e. The molecule has 5 heteroatoms. The lowest BCUT2D eigenvalue weighted by Gasteiger charge is -2.27. The van der Waals surface area contributed by atoms with E-state index in [1.807, 2.05) is 0 Å². The molecule has 0 bridgehead atoms. The summed E-state index contributed by atoms with van der Waals surface area (Å²) in [5.74, 6) is -0.183. The number of urea groups is 1. The van der Waals surface area contributed by atoms with Gasteiger partial charge in [-0.05, 0) is 25.2 Å². The van der Waals surface area contributed by atoms with Crippen molar-refractivity contribution in [1.29, 1.82) is 0 Å². The Labute approximate surface area is 120 Å². The van der Waals surface area contributed by atoms with E-state index in [1.54, 1.807) is 0 Å². The Kier molecular flexibility index (Phi) is 5.68. The summed E-state index contributed by atoms with van der Waals surface area (Å²) < 4.78 is 0. The van der Waals surface area contributed by atoms with Gasteiger partial charge in [0.15, 0.2) is 0 Å². The zero-order valence-corrected chi connectivity index (χ0v) is 12.1. The lowest BCUT2D eigenvalue weighted by Crippen LogP contribution is -2.48.